The molecule has 1 aliphatic heterocycles. The number of anilines is 1. The molecular weight excluding hydrogens is 432 g/mol. The van der Waals surface area contributed by atoms with Crippen LogP contribution < -0.4 is 10.9 Å². The Morgan fingerprint density at radius 3 is 2.62 bits per heavy atom. The van der Waals surface area contributed by atoms with E-state index in [4.69, 9.17) is 4.74 Å². The molecule has 0 spiro atoms. The number of H-pyrrole nitrogens is 1. The number of morpholine rings is 1. The molecule has 1 fully saturated rings. The second kappa shape index (κ2) is 9.20. The molecule has 2 aromatic carbocycles. The van der Waals surface area contributed by atoms with Gasteiger partial charge in [-0.15, -0.1) is 0 Å². The quantitative estimate of drug-likeness (QED) is 0.476. The number of hydrogen-bond acceptors (Lipinski definition) is 6. The maximum atomic E-state index is 13.0. The summed E-state index contributed by atoms with van der Waals surface area (Å²) < 4.78 is 7.35. The van der Waals surface area contributed by atoms with Crippen LogP contribution in [0.25, 0.3) is 16.7 Å². The molecule has 1 aliphatic rings. The van der Waals surface area contributed by atoms with E-state index < -0.39 is 0 Å². The SMILES string of the molecule is CC1CN(Cc2ccc(C(=O)Nc3ccccc3-n3ncc4c(=O)[nH]cnc43)cc2)CC(C)O1. The van der Waals surface area contributed by atoms with Crippen LogP contribution in [-0.2, 0) is 11.3 Å². The fraction of sp³-hybridized carbons (Fsp3) is 0.280. The van der Waals surface area contributed by atoms with Gasteiger partial charge in [0.25, 0.3) is 11.5 Å². The van der Waals surface area contributed by atoms with Crippen LogP contribution in [0.4, 0.5) is 5.69 Å². The van der Waals surface area contributed by atoms with Crippen LogP contribution in [0.1, 0.15) is 29.8 Å². The Hall–Kier alpha value is -3.82. The molecule has 0 radical (unpaired) electrons. The van der Waals surface area contributed by atoms with Gasteiger partial charge in [-0.3, -0.25) is 14.5 Å². The number of carbonyl (C=O) groups excluding carboxylic acids is 1. The van der Waals surface area contributed by atoms with Crippen molar-refractivity contribution in [3.8, 4) is 5.69 Å². The van der Waals surface area contributed by atoms with Crippen LogP contribution in [0, 0.1) is 0 Å². The first-order valence-electron chi connectivity index (χ1n) is 11.3. The smallest absolute Gasteiger partial charge is 0.261 e. The third kappa shape index (κ3) is 4.48. The zero-order valence-electron chi connectivity index (χ0n) is 19.1. The van der Waals surface area contributed by atoms with Crippen LogP contribution in [0.15, 0.2) is 65.8 Å². The first kappa shape index (κ1) is 22.0. The molecule has 2 N–H and O–H groups in total. The number of nitrogens with zero attached hydrogens (tertiary/aromatic N) is 4. The summed E-state index contributed by atoms with van der Waals surface area (Å²) in [5.74, 6) is -0.227. The van der Waals surface area contributed by atoms with Crippen LogP contribution in [0.5, 0.6) is 0 Å². The van der Waals surface area contributed by atoms with Crippen molar-refractivity contribution in [2.24, 2.45) is 0 Å². The number of aromatic amines is 1. The monoisotopic (exact) mass is 458 g/mol. The Labute approximate surface area is 196 Å². The second-order valence-corrected chi connectivity index (χ2v) is 8.64. The maximum Gasteiger partial charge on any atom is 0.261 e. The number of nitrogens with one attached hydrogen (secondary N) is 2. The van der Waals surface area contributed by atoms with Crippen molar-refractivity contribution in [3.05, 3.63) is 82.5 Å². The van der Waals surface area contributed by atoms with Gasteiger partial charge < -0.3 is 15.0 Å². The Morgan fingerprint density at radius 2 is 1.85 bits per heavy atom. The number of fused-ring (bicyclic) bond motifs is 1. The molecule has 9 nitrogen and oxygen atoms in total. The number of ether oxygens (including phenoxy) is 1. The van der Waals surface area contributed by atoms with Gasteiger partial charge in [0.15, 0.2) is 5.65 Å². The highest BCUT2D eigenvalue weighted by molar-refractivity contribution is 6.05. The number of aromatic nitrogens is 4. The lowest BCUT2D eigenvalue weighted by atomic mass is 10.1. The second-order valence-electron chi connectivity index (χ2n) is 8.64. The van der Waals surface area contributed by atoms with Crippen LogP contribution in [-0.4, -0.2) is 55.9 Å². The average Bonchev–Trinajstić information content (AvgIpc) is 3.24. The largest absolute Gasteiger partial charge is 0.373 e. The van der Waals surface area contributed by atoms with Crippen LogP contribution in [0.2, 0.25) is 0 Å². The van der Waals surface area contributed by atoms with E-state index in [-0.39, 0.29) is 23.7 Å². The minimum Gasteiger partial charge on any atom is -0.373 e. The Balaban J connectivity index is 1.33. The van der Waals surface area contributed by atoms with E-state index in [1.54, 1.807) is 10.7 Å². The number of rotatable bonds is 5. The first-order valence-corrected chi connectivity index (χ1v) is 11.3. The molecule has 0 bridgehead atoms. The maximum absolute atomic E-state index is 13.0. The normalized spacial score (nSPS) is 18.8. The van der Waals surface area contributed by atoms with E-state index in [1.807, 2.05) is 42.5 Å². The third-order valence-electron chi connectivity index (χ3n) is 5.87. The molecule has 1 amide bonds. The van der Waals surface area contributed by atoms with Gasteiger partial charge in [-0.05, 0) is 43.7 Å². The minimum atomic E-state index is -0.265. The molecule has 2 unspecified atom stereocenters. The number of carbonyl (C=O) groups is 1. The average molecular weight is 459 g/mol. The number of benzene rings is 2. The van der Waals surface area contributed by atoms with Crippen LogP contribution >= 0.6 is 0 Å². The van der Waals surface area contributed by atoms with E-state index in [0.29, 0.717) is 28.0 Å². The lowest BCUT2D eigenvalue weighted by Crippen LogP contribution is -2.44. The van der Waals surface area contributed by atoms with Gasteiger partial charge in [0, 0.05) is 25.2 Å². The van der Waals surface area contributed by atoms with Crippen molar-refractivity contribution in [2.75, 3.05) is 18.4 Å². The standard InChI is InChI=1S/C25H26N6O3/c1-16-12-30(13-17(2)34-16)14-18-7-9-19(10-8-18)24(32)29-21-5-3-4-6-22(21)31-23-20(11-28-31)25(33)27-15-26-23/h3-11,15-17H,12-14H2,1-2H3,(H,29,32)(H,26,27,33). The molecule has 4 aromatic rings. The summed E-state index contributed by atoms with van der Waals surface area (Å²) in [7, 11) is 0. The molecule has 9 heteroatoms. The van der Waals surface area contributed by atoms with E-state index in [1.165, 1.54) is 12.5 Å². The predicted octanol–water partition coefficient (Wildman–Crippen LogP) is 2.97. The summed E-state index contributed by atoms with van der Waals surface area (Å²) >= 11 is 0. The molecular formula is C25H26N6O3. The van der Waals surface area contributed by atoms with Gasteiger partial charge in [-0.1, -0.05) is 24.3 Å². The predicted molar refractivity (Wildman–Crippen MR) is 129 cm³/mol. The van der Waals surface area contributed by atoms with E-state index in [0.717, 1.165) is 25.2 Å². The zero-order valence-corrected chi connectivity index (χ0v) is 19.1. The highest BCUT2D eigenvalue weighted by Gasteiger charge is 2.22. The summed E-state index contributed by atoms with van der Waals surface area (Å²) in [6.07, 6.45) is 3.24. The Bertz CT molecular complexity index is 1370. The van der Waals surface area contributed by atoms with Gasteiger partial charge in [-0.2, -0.15) is 5.10 Å². The van der Waals surface area contributed by atoms with Gasteiger partial charge >= 0.3 is 0 Å². The third-order valence-corrected chi connectivity index (χ3v) is 5.87. The molecule has 3 heterocycles. The van der Waals surface area contributed by atoms with E-state index in [2.05, 4.69) is 39.1 Å². The fourth-order valence-corrected chi connectivity index (χ4v) is 4.42. The van der Waals surface area contributed by atoms with Crippen molar-refractivity contribution in [2.45, 2.75) is 32.6 Å². The molecule has 34 heavy (non-hydrogen) atoms. The summed E-state index contributed by atoms with van der Waals surface area (Å²) in [6, 6.07) is 14.9. The highest BCUT2D eigenvalue weighted by Crippen LogP contribution is 2.23. The van der Waals surface area contributed by atoms with Crippen molar-refractivity contribution in [1.82, 2.24) is 24.6 Å². The lowest BCUT2D eigenvalue weighted by Gasteiger charge is -2.35. The molecule has 2 atom stereocenters. The highest BCUT2D eigenvalue weighted by atomic mass is 16.5. The van der Waals surface area contributed by atoms with Gasteiger partial charge in [-0.25, -0.2) is 9.67 Å². The lowest BCUT2D eigenvalue weighted by molar-refractivity contribution is -0.0704. The van der Waals surface area contributed by atoms with Crippen molar-refractivity contribution >= 4 is 22.6 Å². The van der Waals surface area contributed by atoms with Crippen molar-refractivity contribution in [3.63, 3.8) is 0 Å². The number of hydrogen-bond donors (Lipinski definition) is 2. The summed E-state index contributed by atoms with van der Waals surface area (Å²) in [6.45, 7) is 6.79. The summed E-state index contributed by atoms with van der Waals surface area (Å²) in [4.78, 5) is 34.2. The van der Waals surface area contributed by atoms with Crippen LogP contribution in [0.3, 0.4) is 0 Å². The Morgan fingerprint density at radius 1 is 1.12 bits per heavy atom. The number of para-hydroxylation sites is 2. The molecule has 0 aliphatic carbocycles. The van der Waals surface area contributed by atoms with Gasteiger partial charge in [0.05, 0.1) is 36.1 Å². The first-order chi connectivity index (χ1) is 16.5. The molecule has 1 saturated heterocycles. The topological polar surface area (TPSA) is 105 Å². The summed E-state index contributed by atoms with van der Waals surface area (Å²) in [5, 5.41) is 7.66. The van der Waals surface area contributed by atoms with Crippen molar-refractivity contribution in [1.29, 1.82) is 0 Å². The zero-order chi connectivity index (χ0) is 23.7. The van der Waals surface area contributed by atoms with Crippen molar-refractivity contribution < 1.29 is 9.53 Å². The fourth-order valence-electron chi connectivity index (χ4n) is 4.42. The number of amides is 1. The van der Waals surface area contributed by atoms with E-state index in [9.17, 15) is 9.59 Å². The molecule has 5 rings (SSSR count). The molecule has 2 aromatic heterocycles. The van der Waals surface area contributed by atoms with E-state index >= 15 is 0 Å². The Kier molecular flexibility index (Phi) is 5.95. The summed E-state index contributed by atoms with van der Waals surface area (Å²) in [5.41, 5.74) is 3.05. The minimum absolute atomic E-state index is 0.217. The van der Waals surface area contributed by atoms with Gasteiger partial charge in [0.2, 0.25) is 0 Å². The molecule has 0 saturated carbocycles. The van der Waals surface area contributed by atoms with Gasteiger partial charge in [0.1, 0.15) is 5.39 Å². The molecule has 174 valence electrons.